The summed E-state index contributed by atoms with van der Waals surface area (Å²) in [5.74, 6) is 1.83. The molecule has 1 aromatic heterocycles. The first-order valence-electron chi connectivity index (χ1n) is 6.97. The Kier molecular flexibility index (Phi) is 3.50. The van der Waals surface area contributed by atoms with Gasteiger partial charge in [-0.1, -0.05) is 0 Å². The van der Waals surface area contributed by atoms with Gasteiger partial charge < -0.3 is 25.1 Å². The van der Waals surface area contributed by atoms with E-state index in [-0.39, 0.29) is 0 Å². The van der Waals surface area contributed by atoms with E-state index in [1.807, 2.05) is 16.8 Å². The van der Waals surface area contributed by atoms with Crippen molar-refractivity contribution in [2.45, 2.75) is 0 Å². The van der Waals surface area contributed by atoms with Gasteiger partial charge in [-0.3, -0.25) is 0 Å². The molecule has 2 aromatic rings. The Balaban J connectivity index is 2.07. The zero-order valence-corrected chi connectivity index (χ0v) is 12.7. The lowest BCUT2D eigenvalue weighted by atomic mass is 10.2. The quantitative estimate of drug-likeness (QED) is 0.889. The van der Waals surface area contributed by atoms with Gasteiger partial charge in [-0.2, -0.15) is 0 Å². The number of piperazine rings is 1. The number of nitrogens with zero attached hydrogens (tertiary/aromatic N) is 4. The largest absolute Gasteiger partial charge is 0.493 e. The van der Waals surface area contributed by atoms with Crippen LogP contribution >= 0.6 is 0 Å². The maximum absolute atomic E-state index is 6.12. The fraction of sp³-hybridized carbons (Fsp3) is 0.500. The van der Waals surface area contributed by atoms with Crippen LogP contribution < -0.4 is 20.2 Å². The van der Waals surface area contributed by atoms with E-state index >= 15 is 0 Å². The summed E-state index contributed by atoms with van der Waals surface area (Å²) >= 11 is 0. The van der Waals surface area contributed by atoms with Crippen molar-refractivity contribution in [3.63, 3.8) is 0 Å². The minimum absolute atomic E-state index is 0.491. The van der Waals surface area contributed by atoms with Gasteiger partial charge in [0.25, 0.3) is 0 Å². The van der Waals surface area contributed by atoms with Crippen LogP contribution in [0.2, 0.25) is 0 Å². The van der Waals surface area contributed by atoms with Crippen LogP contribution in [0.5, 0.6) is 11.5 Å². The van der Waals surface area contributed by atoms with Gasteiger partial charge in [0.1, 0.15) is 0 Å². The van der Waals surface area contributed by atoms with Crippen molar-refractivity contribution < 1.29 is 9.47 Å². The molecule has 114 valence electrons. The van der Waals surface area contributed by atoms with Crippen LogP contribution in [0.15, 0.2) is 12.1 Å². The fourth-order valence-corrected chi connectivity index (χ4v) is 2.70. The molecular weight excluding hydrogens is 270 g/mol. The average molecular weight is 291 g/mol. The highest BCUT2D eigenvalue weighted by atomic mass is 16.5. The van der Waals surface area contributed by atoms with Gasteiger partial charge >= 0.3 is 0 Å². The van der Waals surface area contributed by atoms with Crippen molar-refractivity contribution in [3.05, 3.63) is 12.1 Å². The van der Waals surface area contributed by atoms with Gasteiger partial charge in [0.2, 0.25) is 5.95 Å². The second-order valence-corrected chi connectivity index (χ2v) is 5.23. The van der Waals surface area contributed by atoms with Crippen LogP contribution in [0, 0.1) is 0 Å². The van der Waals surface area contributed by atoms with Crippen molar-refractivity contribution in [3.8, 4) is 11.5 Å². The zero-order chi connectivity index (χ0) is 15.0. The highest BCUT2D eigenvalue weighted by Gasteiger charge is 2.20. The van der Waals surface area contributed by atoms with Crippen LogP contribution in [0.3, 0.4) is 0 Å². The van der Waals surface area contributed by atoms with E-state index in [1.54, 1.807) is 14.2 Å². The lowest BCUT2D eigenvalue weighted by molar-refractivity contribution is 0.290. The first-order valence-corrected chi connectivity index (χ1v) is 6.97. The number of hydrogen-bond acceptors (Lipinski definition) is 6. The number of likely N-dealkylation sites (N-methyl/N-ethyl adjacent to an activating group) is 1. The van der Waals surface area contributed by atoms with E-state index < -0.39 is 0 Å². The molecule has 0 aliphatic carbocycles. The number of anilines is 1. The molecule has 0 saturated carbocycles. The lowest BCUT2D eigenvalue weighted by Crippen LogP contribution is -2.50. The number of hydrogen-bond donors (Lipinski definition) is 1. The SMILES string of the molecule is COc1cc2nc(N)n(N3CCN(C)CC3)c2cc1OC. The van der Waals surface area contributed by atoms with Gasteiger partial charge in [0, 0.05) is 38.3 Å². The number of aromatic nitrogens is 2. The maximum Gasteiger partial charge on any atom is 0.220 e. The second-order valence-electron chi connectivity index (χ2n) is 5.23. The van der Waals surface area contributed by atoms with E-state index in [4.69, 9.17) is 15.2 Å². The van der Waals surface area contributed by atoms with Gasteiger partial charge in [-0.15, -0.1) is 0 Å². The predicted octanol–water partition coefficient (Wildman–Crippen LogP) is 0.519. The van der Waals surface area contributed by atoms with Gasteiger partial charge in [-0.25, -0.2) is 9.66 Å². The molecule has 1 saturated heterocycles. The number of ether oxygens (including phenoxy) is 2. The summed E-state index contributed by atoms with van der Waals surface area (Å²) in [6.45, 7) is 3.85. The van der Waals surface area contributed by atoms with E-state index in [1.165, 1.54) is 0 Å². The van der Waals surface area contributed by atoms with E-state index in [0.29, 0.717) is 17.4 Å². The Labute approximate surface area is 123 Å². The minimum Gasteiger partial charge on any atom is -0.493 e. The highest BCUT2D eigenvalue weighted by Crippen LogP contribution is 2.33. The molecule has 2 N–H and O–H groups in total. The number of imidazole rings is 1. The Morgan fingerprint density at radius 2 is 1.67 bits per heavy atom. The van der Waals surface area contributed by atoms with Crippen LogP contribution in [0.1, 0.15) is 0 Å². The van der Waals surface area contributed by atoms with Gasteiger partial charge in [0.15, 0.2) is 11.5 Å². The van der Waals surface area contributed by atoms with Crippen LogP contribution in [-0.4, -0.2) is 62.0 Å². The number of nitrogen functional groups attached to an aromatic ring is 1. The van der Waals surface area contributed by atoms with E-state index in [0.717, 1.165) is 37.2 Å². The monoisotopic (exact) mass is 291 g/mol. The molecule has 21 heavy (non-hydrogen) atoms. The molecule has 0 amide bonds. The third-order valence-electron chi connectivity index (χ3n) is 3.92. The number of nitrogens with two attached hydrogens (primary N) is 1. The Morgan fingerprint density at radius 1 is 1.05 bits per heavy atom. The van der Waals surface area contributed by atoms with Crippen molar-refractivity contribution in [1.82, 2.24) is 14.6 Å². The predicted molar refractivity (Wildman–Crippen MR) is 82.7 cm³/mol. The Bertz CT molecular complexity index is 646. The lowest BCUT2D eigenvalue weighted by Gasteiger charge is -2.35. The molecule has 0 spiro atoms. The second kappa shape index (κ2) is 5.33. The van der Waals surface area contributed by atoms with Crippen molar-refractivity contribution >= 4 is 17.0 Å². The van der Waals surface area contributed by atoms with Crippen molar-refractivity contribution in [2.24, 2.45) is 0 Å². The fourth-order valence-electron chi connectivity index (χ4n) is 2.70. The Hall–Kier alpha value is -2.15. The van der Waals surface area contributed by atoms with Crippen LogP contribution in [-0.2, 0) is 0 Å². The number of rotatable bonds is 3. The zero-order valence-electron chi connectivity index (χ0n) is 12.7. The summed E-state index contributed by atoms with van der Waals surface area (Å²) in [6, 6.07) is 3.78. The molecule has 1 fully saturated rings. The summed E-state index contributed by atoms with van der Waals surface area (Å²) in [4.78, 5) is 6.74. The number of benzene rings is 1. The van der Waals surface area contributed by atoms with Crippen molar-refractivity contribution in [1.29, 1.82) is 0 Å². The third-order valence-corrected chi connectivity index (χ3v) is 3.92. The molecule has 1 aliphatic heterocycles. The van der Waals surface area contributed by atoms with E-state index in [2.05, 4.69) is 21.9 Å². The highest BCUT2D eigenvalue weighted by molar-refractivity contribution is 5.83. The van der Waals surface area contributed by atoms with Crippen molar-refractivity contribution in [2.75, 3.05) is 58.2 Å². The summed E-state index contributed by atoms with van der Waals surface area (Å²) in [6.07, 6.45) is 0. The average Bonchev–Trinajstić information content (AvgIpc) is 2.81. The first-order chi connectivity index (χ1) is 10.1. The molecular formula is C14H21N5O2. The molecule has 1 aromatic carbocycles. The summed E-state index contributed by atoms with van der Waals surface area (Å²) < 4.78 is 12.7. The Morgan fingerprint density at radius 3 is 2.29 bits per heavy atom. The normalized spacial score (nSPS) is 16.4. The molecule has 0 bridgehead atoms. The molecule has 3 rings (SSSR count). The minimum atomic E-state index is 0.491. The molecule has 0 unspecified atom stereocenters. The van der Waals surface area contributed by atoms with Gasteiger partial charge in [0.05, 0.1) is 25.3 Å². The number of fused-ring (bicyclic) bond motifs is 1. The smallest absolute Gasteiger partial charge is 0.220 e. The molecule has 2 heterocycles. The van der Waals surface area contributed by atoms with Crippen LogP contribution in [0.4, 0.5) is 5.95 Å². The van der Waals surface area contributed by atoms with Crippen LogP contribution in [0.25, 0.3) is 11.0 Å². The molecule has 1 aliphatic rings. The molecule has 7 nitrogen and oxygen atoms in total. The molecule has 0 radical (unpaired) electrons. The van der Waals surface area contributed by atoms with Gasteiger partial charge in [-0.05, 0) is 7.05 Å². The van der Waals surface area contributed by atoms with E-state index in [9.17, 15) is 0 Å². The first kappa shape index (κ1) is 13.8. The summed E-state index contributed by atoms with van der Waals surface area (Å²) in [5, 5.41) is 2.22. The summed E-state index contributed by atoms with van der Waals surface area (Å²) in [5.41, 5.74) is 7.87. The molecule has 7 heteroatoms. The summed E-state index contributed by atoms with van der Waals surface area (Å²) in [7, 11) is 5.37. The maximum atomic E-state index is 6.12. The third kappa shape index (κ3) is 2.33. The number of methoxy groups -OCH3 is 2. The topological polar surface area (TPSA) is 68.8 Å². The molecule has 0 atom stereocenters. The standard InChI is InChI=1S/C14H21N5O2/c1-17-4-6-18(7-5-17)19-11-9-13(21-3)12(20-2)8-10(11)16-14(19)15/h8-9H,4-7H2,1-3H3,(H2,15,16).